The Morgan fingerprint density at radius 3 is 2.00 bits per heavy atom. The molecule has 2 saturated carbocycles. The number of rotatable bonds is 6. The molecule has 0 spiro atoms. The molecule has 0 bridgehead atoms. The third-order valence-electron chi connectivity index (χ3n) is 7.11. The second-order valence-corrected chi connectivity index (χ2v) is 13.2. The number of ether oxygens (including phenoxy) is 1. The lowest BCUT2D eigenvalue weighted by molar-refractivity contribution is -0.136. The molecular weight excluding hydrogens is 400 g/mol. The van der Waals surface area contributed by atoms with Crippen molar-refractivity contribution in [1.82, 2.24) is 9.03 Å². The summed E-state index contributed by atoms with van der Waals surface area (Å²) in [7, 11) is -6.50. The molecule has 0 aromatic rings. The number of hydrogen-bond donors (Lipinski definition) is 1. The quantitative estimate of drug-likeness (QED) is 0.691. The number of nitrogens with zero attached hydrogens (tertiary/aromatic N) is 1. The molecular formula is C19H34N2O5S2. The molecule has 2 heterocycles. The van der Waals surface area contributed by atoms with E-state index >= 15 is 0 Å². The van der Waals surface area contributed by atoms with E-state index in [1.54, 1.807) is 4.31 Å². The van der Waals surface area contributed by atoms with E-state index in [9.17, 15) is 16.8 Å². The Morgan fingerprint density at radius 1 is 0.786 bits per heavy atom. The first-order chi connectivity index (χ1) is 13.4. The summed E-state index contributed by atoms with van der Waals surface area (Å²) in [6.45, 7) is 0.729. The lowest BCUT2D eigenvalue weighted by Gasteiger charge is -2.52. The molecule has 7 nitrogen and oxygen atoms in total. The van der Waals surface area contributed by atoms with Gasteiger partial charge in [0.1, 0.15) is 0 Å². The largest absolute Gasteiger partial charge is 0.371 e. The molecule has 9 heteroatoms. The number of sulfonamides is 2. The van der Waals surface area contributed by atoms with E-state index in [1.165, 1.54) is 0 Å². The van der Waals surface area contributed by atoms with Crippen molar-refractivity contribution in [3.63, 3.8) is 0 Å². The van der Waals surface area contributed by atoms with Crippen LogP contribution in [-0.2, 0) is 24.8 Å². The van der Waals surface area contributed by atoms with Crippen LogP contribution < -0.4 is 4.72 Å². The molecule has 0 aromatic carbocycles. The summed E-state index contributed by atoms with van der Waals surface area (Å²) in [5.74, 6) is 0. The molecule has 2 aliphatic heterocycles. The normalized spacial score (nSPS) is 33.9. The second kappa shape index (κ2) is 8.49. The number of nitrogens with one attached hydrogen (secondary N) is 1. The lowest BCUT2D eigenvalue weighted by atomic mass is 9.92. The summed E-state index contributed by atoms with van der Waals surface area (Å²) in [4.78, 5) is 0. The van der Waals surface area contributed by atoms with Crippen LogP contribution in [0, 0.1) is 0 Å². The first-order valence-corrected chi connectivity index (χ1v) is 14.1. The molecule has 0 unspecified atom stereocenters. The van der Waals surface area contributed by atoms with Crippen LogP contribution in [0.4, 0.5) is 0 Å². The highest BCUT2D eigenvalue weighted by molar-refractivity contribution is 7.90. The van der Waals surface area contributed by atoms with Gasteiger partial charge in [-0.3, -0.25) is 0 Å². The van der Waals surface area contributed by atoms with Crippen LogP contribution in [0.2, 0.25) is 0 Å². The summed E-state index contributed by atoms with van der Waals surface area (Å²) in [6, 6.07) is -0.0573. The van der Waals surface area contributed by atoms with Crippen LogP contribution in [-0.4, -0.2) is 63.0 Å². The fraction of sp³-hybridized carbons (Fsp3) is 1.00. The fourth-order valence-electron chi connectivity index (χ4n) is 5.32. The Balaban J connectivity index is 1.27. The van der Waals surface area contributed by atoms with Crippen LogP contribution in [0.3, 0.4) is 0 Å². The van der Waals surface area contributed by atoms with Crippen LogP contribution in [0.5, 0.6) is 0 Å². The van der Waals surface area contributed by atoms with E-state index in [4.69, 9.17) is 4.74 Å². The smallest absolute Gasteiger partial charge is 0.217 e. The first kappa shape index (κ1) is 21.0. The molecule has 0 radical (unpaired) electrons. The predicted octanol–water partition coefficient (Wildman–Crippen LogP) is 2.13. The van der Waals surface area contributed by atoms with Gasteiger partial charge >= 0.3 is 0 Å². The topological polar surface area (TPSA) is 92.8 Å². The van der Waals surface area contributed by atoms with Gasteiger partial charge in [-0.1, -0.05) is 38.5 Å². The van der Waals surface area contributed by atoms with E-state index in [1.807, 2.05) is 0 Å². The highest BCUT2D eigenvalue weighted by atomic mass is 32.2. The number of fused-ring (bicyclic) bond motifs is 1. The molecule has 4 aliphatic rings. The summed E-state index contributed by atoms with van der Waals surface area (Å²) in [5.41, 5.74) is 0. The van der Waals surface area contributed by atoms with Gasteiger partial charge in [-0.05, 0) is 38.5 Å². The maximum Gasteiger partial charge on any atom is 0.217 e. The SMILES string of the molecule is O=S(=O)(NC[C@H]1CC[C@@H]2[C@@H](CN2S(=O)(=O)C2CCCCC2)O1)C1CCCCC1. The Kier molecular flexibility index (Phi) is 6.38. The molecule has 4 fully saturated rings. The van der Waals surface area contributed by atoms with Crippen molar-refractivity contribution >= 4 is 20.0 Å². The Hall–Kier alpha value is -0.220. The van der Waals surface area contributed by atoms with Crippen molar-refractivity contribution in [2.24, 2.45) is 0 Å². The standard InChI is InChI=1S/C19H34N2O5S2/c22-27(23,16-7-3-1-4-8-16)20-13-15-11-12-18-19(26-15)14-21(18)28(24,25)17-9-5-2-6-10-17/h15-20H,1-14H2/t15-,18-,19-/m1/s1. The zero-order valence-electron chi connectivity index (χ0n) is 16.6. The minimum absolute atomic E-state index is 0.0573. The van der Waals surface area contributed by atoms with Crippen molar-refractivity contribution in [2.75, 3.05) is 13.1 Å². The predicted molar refractivity (Wildman–Crippen MR) is 108 cm³/mol. The van der Waals surface area contributed by atoms with Crippen LogP contribution >= 0.6 is 0 Å². The van der Waals surface area contributed by atoms with Gasteiger partial charge in [-0.25, -0.2) is 21.6 Å². The molecule has 2 saturated heterocycles. The molecule has 28 heavy (non-hydrogen) atoms. The first-order valence-electron chi connectivity index (χ1n) is 11.0. The summed E-state index contributed by atoms with van der Waals surface area (Å²) in [5, 5.41) is -0.486. The van der Waals surface area contributed by atoms with Crippen molar-refractivity contribution in [1.29, 1.82) is 0 Å². The van der Waals surface area contributed by atoms with Crippen LogP contribution in [0.25, 0.3) is 0 Å². The zero-order valence-corrected chi connectivity index (χ0v) is 18.2. The van der Waals surface area contributed by atoms with E-state index in [2.05, 4.69) is 4.72 Å². The van der Waals surface area contributed by atoms with Gasteiger partial charge in [0.2, 0.25) is 20.0 Å². The zero-order chi connectivity index (χ0) is 19.8. The maximum absolute atomic E-state index is 12.9. The molecule has 3 atom stereocenters. The fourth-order valence-corrected chi connectivity index (χ4v) is 9.21. The minimum atomic E-state index is -3.28. The average Bonchev–Trinajstić information content (AvgIpc) is 2.69. The van der Waals surface area contributed by atoms with Gasteiger partial charge < -0.3 is 4.74 Å². The van der Waals surface area contributed by atoms with Gasteiger partial charge in [0, 0.05) is 13.1 Å². The summed E-state index contributed by atoms with van der Waals surface area (Å²) in [6.07, 6.45) is 10.5. The van der Waals surface area contributed by atoms with Gasteiger partial charge in [0.05, 0.1) is 28.7 Å². The van der Waals surface area contributed by atoms with Crippen molar-refractivity contribution in [2.45, 2.75) is 106 Å². The molecule has 4 rings (SSSR count). The average molecular weight is 435 g/mol. The minimum Gasteiger partial charge on any atom is -0.371 e. The van der Waals surface area contributed by atoms with Crippen molar-refractivity contribution in [3.8, 4) is 0 Å². The highest BCUT2D eigenvalue weighted by Gasteiger charge is 2.51. The third kappa shape index (κ3) is 4.29. The molecule has 0 amide bonds. The monoisotopic (exact) mass is 434 g/mol. The molecule has 0 aromatic heterocycles. The van der Waals surface area contributed by atoms with E-state index in [0.717, 1.165) is 70.6 Å². The van der Waals surface area contributed by atoms with E-state index < -0.39 is 20.0 Å². The van der Waals surface area contributed by atoms with Crippen molar-refractivity contribution in [3.05, 3.63) is 0 Å². The Bertz CT molecular complexity index is 740. The second-order valence-electron chi connectivity index (χ2n) is 8.97. The summed E-state index contributed by atoms with van der Waals surface area (Å²) < 4.78 is 61.3. The van der Waals surface area contributed by atoms with Gasteiger partial charge in [-0.2, -0.15) is 4.31 Å². The Morgan fingerprint density at radius 2 is 1.39 bits per heavy atom. The summed E-state index contributed by atoms with van der Waals surface area (Å²) >= 11 is 0. The maximum atomic E-state index is 12.9. The lowest BCUT2D eigenvalue weighted by Crippen LogP contribution is -2.67. The highest BCUT2D eigenvalue weighted by Crippen LogP contribution is 2.38. The molecule has 2 aliphatic carbocycles. The third-order valence-corrected chi connectivity index (χ3v) is 11.4. The molecule has 162 valence electrons. The van der Waals surface area contributed by atoms with E-state index in [0.29, 0.717) is 19.5 Å². The number of hydrogen-bond acceptors (Lipinski definition) is 5. The van der Waals surface area contributed by atoms with Crippen molar-refractivity contribution < 1.29 is 21.6 Å². The van der Waals surface area contributed by atoms with E-state index in [-0.39, 0.29) is 28.7 Å². The van der Waals surface area contributed by atoms with Crippen LogP contribution in [0.1, 0.15) is 77.0 Å². The van der Waals surface area contributed by atoms with Gasteiger partial charge in [-0.15, -0.1) is 0 Å². The van der Waals surface area contributed by atoms with Gasteiger partial charge in [0.25, 0.3) is 0 Å². The Labute approximate surface area is 169 Å². The van der Waals surface area contributed by atoms with Gasteiger partial charge in [0.15, 0.2) is 0 Å². The molecule has 1 N–H and O–H groups in total. The van der Waals surface area contributed by atoms with Crippen LogP contribution in [0.15, 0.2) is 0 Å².